The summed E-state index contributed by atoms with van der Waals surface area (Å²) in [6, 6.07) is 4.04. The van der Waals surface area contributed by atoms with Gasteiger partial charge in [0.2, 0.25) is 0 Å². The van der Waals surface area contributed by atoms with Gasteiger partial charge in [-0.3, -0.25) is 9.59 Å². The van der Waals surface area contributed by atoms with Crippen LogP contribution >= 0.6 is 15.9 Å². The molecule has 1 aromatic carbocycles. The Hall–Kier alpha value is -1.43. The Bertz CT molecular complexity index is 459. The molecule has 0 heterocycles. The number of benzene rings is 1. The molecule has 0 unspecified atom stereocenters. The predicted octanol–water partition coefficient (Wildman–Crippen LogP) is 3.35. The average molecular weight is 346 g/mol. The number of amides is 1. The molecule has 0 aliphatic rings. The first-order chi connectivity index (χ1) is 9.49. The largest absolute Gasteiger partial charge is 0.481 e. The van der Waals surface area contributed by atoms with E-state index in [1.165, 1.54) is 12.1 Å². The van der Waals surface area contributed by atoms with E-state index in [9.17, 15) is 14.0 Å². The van der Waals surface area contributed by atoms with Crippen LogP contribution in [0, 0.1) is 5.82 Å². The molecule has 0 bridgehead atoms. The molecule has 0 atom stereocenters. The molecule has 20 heavy (non-hydrogen) atoms. The molecule has 110 valence electrons. The highest BCUT2D eigenvalue weighted by atomic mass is 79.9. The van der Waals surface area contributed by atoms with Crippen LogP contribution in [0.3, 0.4) is 0 Å². The molecular formula is C14H17BrFNO3. The van der Waals surface area contributed by atoms with Crippen LogP contribution in [0.1, 0.15) is 42.5 Å². The topological polar surface area (TPSA) is 66.4 Å². The fourth-order valence-electron chi connectivity index (χ4n) is 1.74. The number of halogens is 2. The van der Waals surface area contributed by atoms with Crippen molar-refractivity contribution in [2.45, 2.75) is 32.1 Å². The molecule has 0 radical (unpaired) electrons. The number of carbonyl (C=O) groups excluding carboxylic acids is 1. The van der Waals surface area contributed by atoms with Crippen molar-refractivity contribution in [2.24, 2.45) is 0 Å². The van der Waals surface area contributed by atoms with Gasteiger partial charge in [-0.05, 0) is 31.0 Å². The molecule has 2 N–H and O–H groups in total. The van der Waals surface area contributed by atoms with Crippen LogP contribution in [-0.4, -0.2) is 23.5 Å². The van der Waals surface area contributed by atoms with Gasteiger partial charge in [0.05, 0.1) is 0 Å². The van der Waals surface area contributed by atoms with E-state index in [0.29, 0.717) is 17.4 Å². The molecule has 0 aliphatic carbocycles. The van der Waals surface area contributed by atoms with Gasteiger partial charge in [-0.1, -0.05) is 28.8 Å². The molecular weight excluding hydrogens is 329 g/mol. The number of hydrogen-bond acceptors (Lipinski definition) is 2. The first-order valence-corrected chi connectivity index (χ1v) is 7.24. The van der Waals surface area contributed by atoms with Crippen LogP contribution in [0.5, 0.6) is 0 Å². The van der Waals surface area contributed by atoms with Crippen LogP contribution in [0.15, 0.2) is 22.7 Å². The van der Waals surface area contributed by atoms with Gasteiger partial charge in [-0.25, -0.2) is 4.39 Å². The summed E-state index contributed by atoms with van der Waals surface area (Å²) in [6.45, 7) is 0.500. The maximum absolute atomic E-state index is 13.1. The first-order valence-electron chi connectivity index (χ1n) is 6.45. The van der Waals surface area contributed by atoms with Gasteiger partial charge >= 0.3 is 5.97 Å². The van der Waals surface area contributed by atoms with E-state index >= 15 is 0 Å². The van der Waals surface area contributed by atoms with Gasteiger partial charge in [0.25, 0.3) is 5.91 Å². The van der Waals surface area contributed by atoms with Crippen molar-refractivity contribution in [3.05, 3.63) is 34.1 Å². The molecule has 0 aliphatic heterocycles. The summed E-state index contributed by atoms with van der Waals surface area (Å²) in [5.41, 5.74) is 0.280. The molecule has 6 heteroatoms. The van der Waals surface area contributed by atoms with Crippen molar-refractivity contribution >= 4 is 27.8 Å². The molecule has 1 amide bonds. The number of rotatable bonds is 8. The third-order valence-electron chi connectivity index (χ3n) is 2.73. The molecule has 0 aromatic heterocycles. The Kier molecular flexibility index (Phi) is 7.22. The van der Waals surface area contributed by atoms with E-state index in [0.717, 1.165) is 19.3 Å². The van der Waals surface area contributed by atoms with E-state index in [1.807, 2.05) is 0 Å². The zero-order valence-electron chi connectivity index (χ0n) is 11.0. The smallest absolute Gasteiger partial charge is 0.303 e. The number of carboxylic acid groups (broad SMARTS) is 1. The summed E-state index contributed by atoms with van der Waals surface area (Å²) in [7, 11) is 0. The highest BCUT2D eigenvalue weighted by molar-refractivity contribution is 9.10. The van der Waals surface area contributed by atoms with Crippen LogP contribution in [0.25, 0.3) is 0 Å². The summed E-state index contributed by atoms with van der Waals surface area (Å²) in [4.78, 5) is 22.0. The van der Waals surface area contributed by atoms with E-state index in [-0.39, 0.29) is 17.9 Å². The van der Waals surface area contributed by atoms with E-state index < -0.39 is 11.8 Å². The Morgan fingerprint density at radius 3 is 2.50 bits per heavy atom. The number of unbranched alkanes of at least 4 members (excludes halogenated alkanes) is 3. The van der Waals surface area contributed by atoms with Crippen LogP contribution in [-0.2, 0) is 4.79 Å². The fourth-order valence-corrected chi connectivity index (χ4v) is 2.21. The first kappa shape index (κ1) is 16.6. The third-order valence-corrected chi connectivity index (χ3v) is 3.19. The van der Waals surface area contributed by atoms with Gasteiger partial charge in [0, 0.05) is 23.0 Å². The Balaban J connectivity index is 2.21. The second-order valence-electron chi connectivity index (χ2n) is 4.47. The zero-order chi connectivity index (χ0) is 15.0. The minimum atomic E-state index is -0.782. The number of nitrogens with one attached hydrogen (secondary N) is 1. The average Bonchev–Trinajstić information content (AvgIpc) is 2.35. The molecule has 0 fully saturated rings. The molecule has 0 spiro atoms. The second kappa shape index (κ2) is 8.68. The lowest BCUT2D eigenvalue weighted by atomic mass is 10.1. The van der Waals surface area contributed by atoms with Gasteiger partial charge in [-0.15, -0.1) is 0 Å². The fraction of sp³-hybridized carbons (Fsp3) is 0.429. The summed E-state index contributed by atoms with van der Waals surface area (Å²) in [5.74, 6) is -1.55. The number of carbonyl (C=O) groups is 2. The quantitative estimate of drug-likeness (QED) is 0.710. The third kappa shape index (κ3) is 6.65. The lowest BCUT2D eigenvalue weighted by Gasteiger charge is -2.06. The molecule has 4 nitrogen and oxygen atoms in total. The lowest BCUT2D eigenvalue weighted by Crippen LogP contribution is -2.24. The van der Waals surface area contributed by atoms with E-state index in [1.54, 1.807) is 6.07 Å². The number of carboxylic acids is 1. The van der Waals surface area contributed by atoms with Crippen molar-refractivity contribution in [3.63, 3.8) is 0 Å². The predicted molar refractivity (Wildman–Crippen MR) is 77.2 cm³/mol. The minimum Gasteiger partial charge on any atom is -0.481 e. The van der Waals surface area contributed by atoms with Crippen LogP contribution < -0.4 is 5.32 Å². The summed E-state index contributed by atoms with van der Waals surface area (Å²) >= 11 is 3.14. The van der Waals surface area contributed by atoms with Crippen molar-refractivity contribution < 1.29 is 19.1 Å². The van der Waals surface area contributed by atoms with Crippen molar-refractivity contribution in [1.29, 1.82) is 0 Å². The molecule has 0 saturated heterocycles. The summed E-state index contributed by atoms with van der Waals surface area (Å²) < 4.78 is 13.6. The van der Waals surface area contributed by atoms with E-state index in [2.05, 4.69) is 21.2 Å². The molecule has 0 saturated carbocycles. The van der Waals surface area contributed by atoms with Gasteiger partial charge < -0.3 is 10.4 Å². The Morgan fingerprint density at radius 2 is 1.85 bits per heavy atom. The van der Waals surface area contributed by atoms with Crippen molar-refractivity contribution in [1.82, 2.24) is 5.32 Å². The molecule has 1 aromatic rings. The van der Waals surface area contributed by atoms with Crippen molar-refractivity contribution in [3.8, 4) is 0 Å². The van der Waals surface area contributed by atoms with Gasteiger partial charge in [0.1, 0.15) is 5.82 Å². The highest BCUT2D eigenvalue weighted by Crippen LogP contribution is 2.14. The number of hydrogen-bond donors (Lipinski definition) is 2. The Labute approximate surface area is 125 Å². The zero-order valence-corrected chi connectivity index (χ0v) is 12.6. The molecule has 1 rings (SSSR count). The number of aliphatic carboxylic acids is 1. The second-order valence-corrected chi connectivity index (χ2v) is 5.39. The SMILES string of the molecule is O=C(O)CCCCCCNC(=O)c1cc(F)cc(Br)c1. The normalized spacial score (nSPS) is 10.3. The van der Waals surface area contributed by atoms with Gasteiger partial charge in [-0.2, -0.15) is 0 Å². The maximum atomic E-state index is 13.1. The summed E-state index contributed by atoms with van der Waals surface area (Å²) in [5, 5.41) is 11.2. The Morgan fingerprint density at radius 1 is 1.15 bits per heavy atom. The monoisotopic (exact) mass is 345 g/mol. The summed E-state index contributed by atoms with van der Waals surface area (Å²) in [6.07, 6.45) is 3.31. The highest BCUT2D eigenvalue weighted by Gasteiger charge is 2.07. The van der Waals surface area contributed by atoms with Crippen LogP contribution in [0.4, 0.5) is 4.39 Å². The maximum Gasteiger partial charge on any atom is 0.303 e. The van der Waals surface area contributed by atoms with Crippen molar-refractivity contribution in [2.75, 3.05) is 6.54 Å². The lowest BCUT2D eigenvalue weighted by molar-refractivity contribution is -0.137. The standard InChI is InChI=1S/C14H17BrFNO3/c15-11-7-10(8-12(16)9-11)14(20)17-6-4-2-1-3-5-13(18)19/h7-9H,1-6H2,(H,17,20)(H,18,19). The minimum absolute atomic E-state index is 0.184. The van der Waals surface area contributed by atoms with Gasteiger partial charge in [0.15, 0.2) is 0 Å². The van der Waals surface area contributed by atoms with E-state index in [4.69, 9.17) is 5.11 Å². The van der Waals surface area contributed by atoms with Crippen LogP contribution in [0.2, 0.25) is 0 Å².